The van der Waals surface area contributed by atoms with Gasteiger partial charge in [-0.1, -0.05) is 121 Å². The summed E-state index contributed by atoms with van der Waals surface area (Å²) >= 11 is 0. The monoisotopic (exact) mass is 648 g/mol. The van der Waals surface area contributed by atoms with Gasteiger partial charge in [0, 0.05) is 38.3 Å². The number of rotatable bonds is 4. The summed E-state index contributed by atoms with van der Waals surface area (Å²) in [5.41, 5.74) is 19.0. The molecule has 0 amide bonds. The molecule has 0 atom stereocenters. The predicted molar refractivity (Wildman–Crippen MR) is 215 cm³/mol. The number of fused-ring (bicyclic) bond motifs is 9. The zero-order valence-electron chi connectivity index (χ0n) is 27.9. The van der Waals surface area contributed by atoms with E-state index in [4.69, 9.17) is 0 Å². The van der Waals surface area contributed by atoms with Crippen molar-refractivity contribution in [1.29, 1.82) is 0 Å². The summed E-state index contributed by atoms with van der Waals surface area (Å²) in [6.45, 7) is 0. The number of benzene rings is 8. The Kier molecular flexibility index (Phi) is 6.05. The van der Waals surface area contributed by atoms with Crippen molar-refractivity contribution in [2.75, 3.05) is 0 Å². The maximum atomic E-state index is 3.67. The summed E-state index contributed by atoms with van der Waals surface area (Å²) in [5.74, 6) is 0. The van der Waals surface area contributed by atoms with Gasteiger partial charge in [-0.2, -0.15) is 0 Å². The third-order valence-electron chi connectivity index (χ3n) is 11.0. The van der Waals surface area contributed by atoms with E-state index in [1.807, 2.05) is 0 Å². The van der Waals surface area contributed by atoms with Crippen LogP contribution in [0.1, 0.15) is 11.1 Å². The molecule has 8 aromatic carbocycles. The Morgan fingerprint density at radius 1 is 0.373 bits per heavy atom. The molecule has 2 heterocycles. The Labute approximate surface area is 295 Å². The van der Waals surface area contributed by atoms with Crippen molar-refractivity contribution in [3.63, 3.8) is 0 Å². The highest BCUT2D eigenvalue weighted by molar-refractivity contribution is 6.12. The number of H-pyrrole nitrogens is 1. The highest BCUT2D eigenvalue weighted by Gasteiger charge is 2.21. The molecule has 1 aliphatic rings. The first kappa shape index (κ1) is 28.2. The van der Waals surface area contributed by atoms with Crippen LogP contribution in [0.25, 0.3) is 93.8 Å². The average Bonchev–Trinajstić information content (AvgIpc) is 3.87. The van der Waals surface area contributed by atoms with E-state index in [1.54, 1.807) is 0 Å². The molecular weight excluding hydrogens is 617 g/mol. The lowest BCUT2D eigenvalue weighted by atomic mass is 9.94. The van der Waals surface area contributed by atoms with Crippen LogP contribution in [0.15, 0.2) is 176 Å². The van der Waals surface area contributed by atoms with Crippen LogP contribution in [0.2, 0.25) is 0 Å². The average molecular weight is 649 g/mol. The van der Waals surface area contributed by atoms with E-state index >= 15 is 0 Å². The van der Waals surface area contributed by atoms with Crippen molar-refractivity contribution >= 4 is 43.6 Å². The summed E-state index contributed by atoms with van der Waals surface area (Å²) in [6, 6.07) is 64.6. The van der Waals surface area contributed by atoms with Gasteiger partial charge in [0.25, 0.3) is 0 Å². The molecule has 10 aromatic rings. The molecule has 1 N–H and O–H groups in total. The van der Waals surface area contributed by atoms with Gasteiger partial charge in [0.05, 0.1) is 11.0 Å². The molecule has 0 saturated heterocycles. The summed E-state index contributed by atoms with van der Waals surface area (Å²) in [6.07, 6.45) is 0.994. The van der Waals surface area contributed by atoms with E-state index in [0.717, 1.165) is 17.5 Å². The molecule has 238 valence electrons. The van der Waals surface area contributed by atoms with Gasteiger partial charge in [-0.15, -0.1) is 0 Å². The van der Waals surface area contributed by atoms with Crippen molar-refractivity contribution < 1.29 is 0 Å². The molecule has 0 saturated carbocycles. The fraction of sp³-hybridized carbons (Fsp3) is 0.0204. The first-order valence-corrected chi connectivity index (χ1v) is 17.7. The van der Waals surface area contributed by atoms with Crippen LogP contribution < -0.4 is 0 Å². The van der Waals surface area contributed by atoms with Gasteiger partial charge in [-0.05, 0) is 117 Å². The maximum Gasteiger partial charge on any atom is 0.0541 e. The molecule has 0 bridgehead atoms. The van der Waals surface area contributed by atoms with E-state index in [2.05, 4.69) is 185 Å². The smallest absolute Gasteiger partial charge is 0.0541 e. The number of hydrogen-bond donors (Lipinski definition) is 1. The number of nitrogens with zero attached hydrogens (tertiary/aromatic N) is 1. The van der Waals surface area contributed by atoms with Crippen molar-refractivity contribution in [3.8, 4) is 50.2 Å². The maximum absolute atomic E-state index is 3.67. The second kappa shape index (κ2) is 10.9. The number of nitrogens with one attached hydrogen (secondary N) is 1. The van der Waals surface area contributed by atoms with Gasteiger partial charge < -0.3 is 9.55 Å². The number of hydrogen-bond acceptors (Lipinski definition) is 0. The van der Waals surface area contributed by atoms with Crippen LogP contribution in [-0.4, -0.2) is 9.55 Å². The van der Waals surface area contributed by atoms with E-state index in [9.17, 15) is 0 Å². The summed E-state index contributed by atoms with van der Waals surface area (Å²) in [7, 11) is 0. The molecule has 2 heteroatoms. The highest BCUT2D eigenvalue weighted by atomic mass is 15.0. The summed E-state index contributed by atoms with van der Waals surface area (Å²) < 4.78 is 2.37. The van der Waals surface area contributed by atoms with Crippen LogP contribution in [0.4, 0.5) is 0 Å². The zero-order valence-corrected chi connectivity index (χ0v) is 27.9. The lowest BCUT2D eigenvalue weighted by Crippen LogP contribution is -1.92. The molecular formula is C49H32N2. The van der Waals surface area contributed by atoms with Gasteiger partial charge in [0.2, 0.25) is 0 Å². The molecule has 2 nitrogen and oxygen atoms in total. The minimum Gasteiger partial charge on any atom is -0.355 e. The number of aromatic nitrogens is 2. The Hall–Kier alpha value is -6.64. The van der Waals surface area contributed by atoms with E-state index < -0.39 is 0 Å². The van der Waals surface area contributed by atoms with Crippen molar-refractivity contribution in [2.24, 2.45) is 0 Å². The third kappa shape index (κ3) is 4.36. The fourth-order valence-electron chi connectivity index (χ4n) is 8.53. The molecule has 11 rings (SSSR count). The van der Waals surface area contributed by atoms with Gasteiger partial charge in [0.15, 0.2) is 0 Å². The first-order valence-electron chi connectivity index (χ1n) is 17.7. The summed E-state index contributed by atoms with van der Waals surface area (Å²) in [4.78, 5) is 3.67. The molecule has 2 aromatic heterocycles. The SMILES string of the molecule is c1ccc(-n2c3ccccc3c3cc(-c4ccc5[nH]c6ccc(-c7ccc(-c8cccc9c8Cc8ccccc8-9)cc7)cc6c5c4)ccc32)cc1. The largest absolute Gasteiger partial charge is 0.355 e. The topological polar surface area (TPSA) is 20.7 Å². The van der Waals surface area contributed by atoms with Crippen molar-refractivity contribution in [3.05, 3.63) is 187 Å². The molecule has 1 aliphatic carbocycles. The Bertz CT molecular complexity index is 2980. The number of aromatic amines is 1. The summed E-state index contributed by atoms with van der Waals surface area (Å²) in [5, 5.41) is 5.02. The van der Waals surface area contributed by atoms with Crippen LogP contribution >= 0.6 is 0 Å². The van der Waals surface area contributed by atoms with E-state index in [0.29, 0.717) is 0 Å². The van der Waals surface area contributed by atoms with E-state index in [-0.39, 0.29) is 0 Å². The molecule has 0 spiro atoms. The Balaban J connectivity index is 0.971. The van der Waals surface area contributed by atoms with Gasteiger partial charge in [-0.3, -0.25) is 0 Å². The number of para-hydroxylation sites is 2. The van der Waals surface area contributed by atoms with Crippen LogP contribution in [0.5, 0.6) is 0 Å². The fourth-order valence-corrected chi connectivity index (χ4v) is 8.53. The second-order valence-corrected chi connectivity index (χ2v) is 13.8. The van der Waals surface area contributed by atoms with Gasteiger partial charge >= 0.3 is 0 Å². The van der Waals surface area contributed by atoms with Crippen molar-refractivity contribution in [2.45, 2.75) is 6.42 Å². The normalized spacial score (nSPS) is 12.2. The predicted octanol–water partition coefficient (Wildman–Crippen LogP) is 13.0. The van der Waals surface area contributed by atoms with Crippen LogP contribution in [0.3, 0.4) is 0 Å². The molecule has 51 heavy (non-hydrogen) atoms. The minimum absolute atomic E-state index is 0.994. The van der Waals surface area contributed by atoms with Crippen LogP contribution in [0, 0.1) is 0 Å². The third-order valence-corrected chi connectivity index (χ3v) is 11.0. The lowest BCUT2D eigenvalue weighted by Gasteiger charge is -2.10. The Morgan fingerprint density at radius 2 is 0.941 bits per heavy atom. The van der Waals surface area contributed by atoms with Crippen LogP contribution in [-0.2, 0) is 6.42 Å². The first-order chi connectivity index (χ1) is 25.3. The lowest BCUT2D eigenvalue weighted by molar-refractivity contribution is 1.18. The molecule has 0 unspecified atom stereocenters. The van der Waals surface area contributed by atoms with Gasteiger partial charge in [0.1, 0.15) is 0 Å². The standard InChI is InChI=1S/C49H32N2/c1-2-10-37(11-3-1)51-48-16-7-6-13-41(48)45-29-35(23-26-49(45)51)34-22-25-47-44(28-34)43-27-33(21-24-46(43)50-47)31-17-19-32(20-18-31)38-14-8-15-40-39-12-5-4-9-36(39)30-42(38)40/h1-29,50H,30H2. The highest BCUT2D eigenvalue weighted by Crippen LogP contribution is 2.42. The molecule has 0 radical (unpaired) electrons. The Morgan fingerprint density at radius 3 is 1.75 bits per heavy atom. The quantitative estimate of drug-likeness (QED) is 0.196. The minimum atomic E-state index is 0.994. The van der Waals surface area contributed by atoms with E-state index in [1.165, 1.54) is 93.9 Å². The van der Waals surface area contributed by atoms with Crippen molar-refractivity contribution in [1.82, 2.24) is 9.55 Å². The molecule has 0 aliphatic heterocycles. The molecule has 0 fully saturated rings. The second-order valence-electron chi connectivity index (χ2n) is 13.8. The van der Waals surface area contributed by atoms with Gasteiger partial charge in [-0.25, -0.2) is 0 Å². The zero-order chi connectivity index (χ0) is 33.5.